The number of aliphatic hydroxyl groups is 1. The number of aliphatic hydroxyl groups excluding tert-OH is 1. The fraction of sp³-hybridized carbons (Fsp3) is 0.294. The van der Waals surface area contributed by atoms with Gasteiger partial charge in [0.1, 0.15) is 5.75 Å². The lowest BCUT2D eigenvalue weighted by atomic mass is 9.95. The predicted molar refractivity (Wildman–Crippen MR) is 77.6 cm³/mol. The maximum Gasteiger partial charge on any atom is 0.119 e. The third-order valence-corrected chi connectivity index (χ3v) is 3.51. The Hall–Kier alpha value is -1.80. The molecule has 0 aliphatic carbocycles. The molecule has 0 aliphatic rings. The molecule has 0 aliphatic heterocycles. The Morgan fingerprint density at radius 3 is 2.42 bits per heavy atom. The zero-order valence-corrected chi connectivity index (χ0v) is 11.7. The molecule has 0 saturated heterocycles. The van der Waals surface area contributed by atoms with Crippen LogP contribution in [0.25, 0.3) is 0 Å². The van der Waals surface area contributed by atoms with Crippen LogP contribution in [0.4, 0.5) is 0 Å². The van der Waals surface area contributed by atoms with Crippen molar-refractivity contribution in [2.45, 2.75) is 26.4 Å². The highest BCUT2D eigenvalue weighted by molar-refractivity contribution is 5.37. The van der Waals surface area contributed by atoms with Crippen molar-refractivity contribution in [1.29, 1.82) is 0 Å². The number of aryl methyl sites for hydroxylation is 2. The summed E-state index contributed by atoms with van der Waals surface area (Å²) in [7, 11) is 1.65. The number of methoxy groups -OCH3 is 1. The fourth-order valence-electron chi connectivity index (χ4n) is 2.31. The van der Waals surface area contributed by atoms with Crippen LogP contribution in [0.1, 0.15) is 28.4 Å². The molecular weight excluding hydrogens is 236 g/mol. The van der Waals surface area contributed by atoms with Crippen LogP contribution in [0.3, 0.4) is 0 Å². The number of benzene rings is 2. The van der Waals surface area contributed by atoms with Gasteiger partial charge in [-0.1, -0.05) is 30.3 Å². The van der Waals surface area contributed by atoms with E-state index in [0.29, 0.717) is 6.42 Å². The lowest BCUT2D eigenvalue weighted by Crippen LogP contribution is -2.05. The Bertz CT molecular complexity index is 561. The molecule has 2 heteroatoms. The van der Waals surface area contributed by atoms with Crippen LogP contribution in [-0.4, -0.2) is 12.2 Å². The third-order valence-electron chi connectivity index (χ3n) is 3.51. The van der Waals surface area contributed by atoms with E-state index in [0.717, 1.165) is 16.9 Å². The Kier molecular flexibility index (Phi) is 4.23. The molecule has 0 aromatic heterocycles. The van der Waals surface area contributed by atoms with E-state index >= 15 is 0 Å². The van der Waals surface area contributed by atoms with Gasteiger partial charge in [0.2, 0.25) is 0 Å². The van der Waals surface area contributed by atoms with Crippen LogP contribution in [0, 0.1) is 13.8 Å². The molecule has 0 fully saturated rings. The summed E-state index contributed by atoms with van der Waals surface area (Å²) < 4.78 is 5.19. The van der Waals surface area contributed by atoms with Gasteiger partial charge in [0.25, 0.3) is 0 Å². The first-order valence-electron chi connectivity index (χ1n) is 6.49. The molecule has 0 amide bonds. The summed E-state index contributed by atoms with van der Waals surface area (Å²) >= 11 is 0. The van der Waals surface area contributed by atoms with Crippen molar-refractivity contribution in [3.8, 4) is 5.75 Å². The molecule has 0 spiro atoms. The number of hydrogen-bond acceptors (Lipinski definition) is 2. The van der Waals surface area contributed by atoms with Gasteiger partial charge < -0.3 is 9.84 Å². The Morgan fingerprint density at radius 2 is 1.79 bits per heavy atom. The second-order valence-corrected chi connectivity index (χ2v) is 4.87. The van der Waals surface area contributed by atoms with Crippen LogP contribution in [-0.2, 0) is 6.42 Å². The largest absolute Gasteiger partial charge is 0.497 e. The van der Waals surface area contributed by atoms with Crippen molar-refractivity contribution >= 4 is 0 Å². The van der Waals surface area contributed by atoms with Crippen molar-refractivity contribution in [2.75, 3.05) is 7.11 Å². The average Bonchev–Trinajstić information content (AvgIpc) is 2.41. The quantitative estimate of drug-likeness (QED) is 0.906. The summed E-state index contributed by atoms with van der Waals surface area (Å²) in [6, 6.07) is 14.0. The van der Waals surface area contributed by atoms with Crippen molar-refractivity contribution < 1.29 is 9.84 Å². The van der Waals surface area contributed by atoms with E-state index in [1.807, 2.05) is 37.3 Å². The summed E-state index contributed by atoms with van der Waals surface area (Å²) in [6.07, 6.45) is 0.159. The molecule has 0 heterocycles. The van der Waals surface area contributed by atoms with Gasteiger partial charge in [-0.2, -0.15) is 0 Å². The van der Waals surface area contributed by atoms with E-state index in [1.54, 1.807) is 7.11 Å². The number of ether oxygens (including phenoxy) is 1. The van der Waals surface area contributed by atoms with E-state index in [-0.39, 0.29) is 0 Å². The zero-order valence-electron chi connectivity index (χ0n) is 11.7. The summed E-state index contributed by atoms with van der Waals surface area (Å²) in [5.41, 5.74) is 4.42. The van der Waals surface area contributed by atoms with Gasteiger partial charge in [-0.15, -0.1) is 0 Å². The summed E-state index contributed by atoms with van der Waals surface area (Å²) in [6.45, 7) is 4.07. The molecular formula is C17H20O2. The van der Waals surface area contributed by atoms with Crippen LogP contribution in [0.2, 0.25) is 0 Å². The van der Waals surface area contributed by atoms with E-state index in [2.05, 4.69) is 19.1 Å². The number of hydrogen-bond donors (Lipinski definition) is 1. The third kappa shape index (κ3) is 3.15. The van der Waals surface area contributed by atoms with Gasteiger partial charge in [0.15, 0.2) is 0 Å². The Morgan fingerprint density at radius 1 is 1.05 bits per heavy atom. The van der Waals surface area contributed by atoms with Crippen LogP contribution in [0.5, 0.6) is 5.75 Å². The normalized spacial score (nSPS) is 12.2. The topological polar surface area (TPSA) is 29.5 Å². The van der Waals surface area contributed by atoms with Crippen molar-refractivity contribution in [3.63, 3.8) is 0 Å². The smallest absolute Gasteiger partial charge is 0.119 e. The standard InChI is InChI=1S/C17H20O2/c1-12-6-4-5-7-14(12)11-17(18)16-9-8-15(19-3)10-13(16)2/h4-10,17-18H,11H2,1-3H3. The van der Waals surface area contributed by atoms with E-state index < -0.39 is 6.10 Å². The first-order chi connectivity index (χ1) is 9.11. The maximum atomic E-state index is 10.4. The molecule has 1 atom stereocenters. The molecule has 0 saturated carbocycles. The molecule has 19 heavy (non-hydrogen) atoms. The molecule has 2 aromatic carbocycles. The second-order valence-electron chi connectivity index (χ2n) is 4.87. The van der Waals surface area contributed by atoms with Crippen LogP contribution < -0.4 is 4.74 Å². The van der Waals surface area contributed by atoms with Gasteiger partial charge in [-0.05, 0) is 48.2 Å². The molecule has 0 radical (unpaired) electrons. The molecule has 1 N–H and O–H groups in total. The predicted octanol–water partition coefficient (Wildman–Crippen LogP) is 3.59. The lowest BCUT2D eigenvalue weighted by Gasteiger charge is -2.16. The molecule has 2 rings (SSSR count). The monoisotopic (exact) mass is 256 g/mol. The van der Waals surface area contributed by atoms with Crippen LogP contribution in [0.15, 0.2) is 42.5 Å². The van der Waals surface area contributed by atoms with Gasteiger partial charge in [0, 0.05) is 6.42 Å². The second kappa shape index (κ2) is 5.89. The van der Waals surface area contributed by atoms with E-state index in [1.165, 1.54) is 11.1 Å². The maximum absolute atomic E-state index is 10.4. The summed E-state index contributed by atoms with van der Waals surface area (Å²) in [4.78, 5) is 0. The highest BCUT2D eigenvalue weighted by Crippen LogP contribution is 2.25. The SMILES string of the molecule is COc1ccc(C(O)Cc2ccccc2C)c(C)c1. The highest BCUT2D eigenvalue weighted by atomic mass is 16.5. The minimum Gasteiger partial charge on any atom is -0.497 e. The first kappa shape index (κ1) is 13.6. The van der Waals surface area contributed by atoms with Gasteiger partial charge in [-0.3, -0.25) is 0 Å². The van der Waals surface area contributed by atoms with Crippen LogP contribution >= 0.6 is 0 Å². The number of rotatable bonds is 4. The van der Waals surface area contributed by atoms with Crippen molar-refractivity contribution in [1.82, 2.24) is 0 Å². The van der Waals surface area contributed by atoms with Crippen molar-refractivity contribution in [3.05, 3.63) is 64.7 Å². The minimum atomic E-state index is -0.480. The minimum absolute atomic E-state index is 0.480. The fourth-order valence-corrected chi connectivity index (χ4v) is 2.31. The van der Waals surface area contributed by atoms with Gasteiger partial charge in [0.05, 0.1) is 13.2 Å². The van der Waals surface area contributed by atoms with E-state index in [4.69, 9.17) is 4.74 Å². The van der Waals surface area contributed by atoms with E-state index in [9.17, 15) is 5.11 Å². The summed E-state index contributed by atoms with van der Waals surface area (Å²) in [5.74, 6) is 0.823. The molecule has 2 aromatic rings. The Balaban J connectivity index is 2.21. The molecule has 2 nitrogen and oxygen atoms in total. The zero-order chi connectivity index (χ0) is 13.8. The average molecular weight is 256 g/mol. The molecule has 1 unspecified atom stereocenters. The first-order valence-corrected chi connectivity index (χ1v) is 6.49. The van der Waals surface area contributed by atoms with Gasteiger partial charge >= 0.3 is 0 Å². The molecule has 0 bridgehead atoms. The summed E-state index contributed by atoms with van der Waals surface area (Å²) in [5, 5.41) is 10.4. The van der Waals surface area contributed by atoms with Crippen molar-refractivity contribution in [2.24, 2.45) is 0 Å². The Labute approximate surface area is 114 Å². The van der Waals surface area contributed by atoms with Gasteiger partial charge in [-0.25, -0.2) is 0 Å². The lowest BCUT2D eigenvalue weighted by molar-refractivity contribution is 0.177. The highest BCUT2D eigenvalue weighted by Gasteiger charge is 2.12. The molecule has 100 valence electrons.